The molecule has 1 atom stereocenters. The summed E-state index contributed by atoms with van der Waals surface area (Å²) in [6.07, 6.45) is -3.84. The van der Waals surface area contributed by atoms with Gasteiger partial charge in [0.2, 0.25) is 5.95 Å². The van der Waals surface area contributed by atoms with Gasteiger partial charge in [0, 0.05) is 19.7 Å². The van der Waals surface area contributed by atoms with Crippen LogP contribution in [0.5, 0.6) is 0 Å². The molecule has 0 aliphatic heterocycles. The zero-order valence-electron chi connectivity index (χ0n) is 11.9. The van der Waals surface area contributed by atoms with Crippen molar-refractivity contribution in [3.8, 4) is 0 Å². The molecule has 0 aliphatic carbocycles. The van der Waals surface area contributed by atoms with Crippen molar-refractivity contribution < 1.29 is 23.0 Å². The average molecular weight is 308 g/mol. The highest BCUT2D eigenvalue weighted by Crippen LogP contribution is 2.29. The third-order valence-corrected chi connectivity index (χ3v) is 2.49. The van der Waals surface area contributed by atoms with Gasteiger partial charge in [0.25, 0.3) is 0 Å². The van der Waals surface area contributed by atoms with Crippen LogP contribution >= 0.6 is 0 Å². The van der Waals surface area contributed by atoms with Crippen LogP contribution in [0.2, 0.25) is 0 Å². The highest BCUT2D eigenvalue weighted by molar-refractivity contribution is 5.44. The fraction of sp³-hybridized carbons (Fsp3) is 0.667. The van der Waals surface area contributed by atoms with E-state index in [9.17, 15) is 13.2 Å². The Labute approximate surface area is 120 Å². The van der Waals surface area contributed by atoms with Crippen molar-refractivity contribution in [2.24, 2.45) is 0 Å². The van der Waals surface area contributed by atoms with Gasteiger partial charge in [-0.3, -0.25) is 0 Å². The van der Waals surface area contributed by atoms with Crippen LogP contribution in [-0.2, 0) is 10.9 Å². The fourth-order valence-corrected chi connectivity index (χ4v) is 1.53. The van der Waals surface area contributed by atoms with Crippen molar-refractivity contribution in [2.75, 3.05) is 37.5 Å². The maximum Gasteiger partial charge on any atom is 0.433 e. The number of hydrogen-bond acceptors (Lipinski definition) is 6. The number of alkyl halides is 3. The second kappa shape index (κ2) is 7.99. The van der Waals surface area contributed by atoms with Crippen LogP contribution in [0.4, 0.5) is 24.9 Å². The fourth-order valence-electron chi connectivity index (χ4n) is 1.53. The van der Waals surface area contributed by atoms with Crippen LogP contribution in [0.15, 0.2) is 6.07 Å². The largest absolute Gasteiger partial charge is 0.433 e. The van der Waals surface area contributed by atoms with Crippen molar-refractivity contribution in [3.63, 3.8) is 0 Å². The first kappa shape index (κ1) is 17.4. The second-order valence-corrected chi connectivity index (χ2v) is 4.37. The van der Waals surface area contributed by atoms with Gasteiger partial charge in [0.15, 0.2) is 5.69 Å². The maximum absolute atomic E-state index is 12.8. The Hall–Kier alpha value is -1.61. The van der Waals surface area contributed by atoms with Gasteiger partial charge in [-0.05, 0) is 6.42 Å². The van der Waals surface area contributed by atoms with E-state index >= 15 is 0 Å². The molecule has 21 heavy (non-hydrogen) atoms. The van der Waals surface area contributed by atoms with E-state index < -0.39 is 17.9 Å². The molecule has 0 aromatic carbocycles. The molecule has 3 N–H and O–H groups in total. The van der Waals surface area contributed by atoms with Crippen LogP contribution in [0, 0.1) is 0 Å². The Bertz CT molecular complexity index is 443. The molecule has 0 aliphatic rings. The third kappa shape index (κ3) is 5.72. The number of aliphatic hydroxyl groups is 1. The Morgan fingerprint density at radius 3 is 2.62 bits per heavy atom. The molecule has 120 valence electrons. The van der Waals surface area contributed by atoms with E-state index in [1.807, 2.05) is 6.92 Å². The van der Waals surface area contributed by atoms with Gasteiger partial charge >= 0.3 is 6.18 Å². The minimum Gasteiger partial charge on any atom is -0.394 e. The van der Waals surface area contributed by atoms with Gasteiger partial charge < -0.3 is 20.5 Å². The van der Waals surface area contributed by atoms with Crippen molar-refractivity contribution in [3.05, 3.63) is 11.8 Å². The number of hydrogen-bond donors (Lipinski definition) is 3. The molecule has 1 aromatic rings. The van der Waals surface area contributed by atoms with E-state index in [1.54, 1.807) is 0 Å². The predicted octanol–water partition coefficient (Wildman–Crippen LogP) is 1.74. The molecule has 0 saturated heterocycles. The number of aliphatic hydroxyl groups excluding tert-OH is 1. The molecule has 1 aromatic heterocycles. The molecule has 0 spiro atoms. The molecule has 9 heteroatoms. The molecule has 0 radical (unpaired) electrons. The van der Waals surface area contributed by atoms with Crippen LogP contribution in [0.1, 0.15) is 19.0 Å². The monoisotopic (exact) mass is 308 g/mol. The number of rotatable bonds is 8. The van der Waals surface area contributed by atoms with E-state index in [0.29, 0.717) is 6.54 Å². The van der Waals surface area contributed by atoms with Crippen LogP contribution < -0.4 is 10.6 Å². The summed E-state index contributed by atoms with van der Waals surface area (Å²) in [7, 11) is 1.43. The number of anilines is 2. The van der Waals surface area contributed by atoms with Gasteiger partial charge in [-0.15, -0.1) is 0 Å². The lowest BCUT2D eigenvalue weighted by Crippen LogP contribution is -2.29. The molecular weight excluding hydrogens is 289 g/mol. The predicted molar refractivity (Wildman–Crippen MR) is 72.2 cm³/mol. The minimum atomic E-state index is -4.57. The Balaban J connectivity index is 3.00. The molecule has 1 rings (SSSR count). The molecule has 1 heterocycles. The summed E-state index contributed by atoms with van der Waals surface area (Å²) in [4.78, 5) is 7.39. The average Bonchev–Trinajstić information content (AvgIpc) is 2.43. The van der Waals surface area contributed by atoms with Gasteiger partial charge in [0.05, 0.1) is 19.3 Å². The number of halogens is 3. The first-order valence-electron chi connectivity index (χ1n) is 6.47. The second-order valence-electron chi connectivity index (χ2n) is 4.37. The zero-order chi connectivity index (χ0) is 15.9. The number of ether oxygens (including phenoxy) is 1. The third-order valence-electron chi connectivity index (χ3n) is 2.49. The molecule has 6 nitrogen and oxygen atoms in total. The molecule has 0 bridgehead atoms. The Kier molecular flexibility index (Phi) is 6.63. The van der Waals surface area contributed by atoms with Gasteiger partial charge in [-0.1, -0.05) is 6.92 Å². The lowest BCUT2D eigenvalue weighted by Gasteiger charge is -2.17. The first-order chi connectivity index (χ1) is 9.90. The normalized spacial score (nSPS) is 13.0. The summed E-state index contributed by atoms with van der Waals surface area (Å²) < 4.78 is 43.3. The van der Waals surface area contributed by atoms with Crippen molar-refractivity contribution in [1.82, 2.24) is 9.97 Å². The van der Waals surface area contributed by atoms with Gasteiger partial charge in [0.1, 0.15) is 5.82 Å². The number of nitrogens with one attached hydrogen (secondary N) is 2. The number of aromatic nitrogens is 2. The lowest BCUT2D eigenvalue weighted by molar-refractivity contribution is -0.141. The molecular formula is C12H19F3N4O2. The summed E-state index contributed by atoms with van der Waals surface area (Å²) in [6.45, 7) is 2.18. The highest BCUT2D eigenvalue weighted by atomic mass is 19.4. The highest BCUT2D eigenvalue weighted by Gasteiger charge is 2.33. The summed E-state index contributed by atoms with van der Waals surface area (Å²) >= 11 is 0. The smallest absolute Gasteiger partial charge is 0.394 e. The number of nitrogens with zero attached hydrogens (tertiary/aromatic N) is 2. The molecule has 0 fully saturated rings. The van der Waals surface area contributed by atoms with E-state index in [1.165, 1.54) is 7.11 Å². The number of methoxy groups -OCH3 is 1. The van der Waals surface area contributed by atoms with E-state index in [-0.39, 0.29) is 25.0 Å². The van der Waals surface area contributed by atoms with Crippen LogP contribution in [0.25, 0.3) is 0 Å². The summed E-state index contributed by atoms with van der Waals surface area (Å²) in [5.74, 6) is -0.129. The summed E-state index contributed by atoms with van der Waals surface area (Å²) in [5.41, 5.74) is -1.05. The Morgan fingerprint density at radius 2 is 2.10 bits per heavy atom. The van der Waals surface area contributed by atoms with Crippen LogP contribution in [-0.4, -0.2) is 48.0 Å². The van der Waals surface area contributed by atoms with E-state index in [4.69, 9.17) is 9.84 Å². The summed E-state index contributed by atoms with van der Waals surface area (Å²) in [5, 5.41) is 14.5. The minimum absolute atomic E-state index is 0.0213. The molecule has 1 unspecified atom stereocenters. The van der Waals surface area contributed by atoms with Crippen molar-refractivity contribution in [1.29, 1.82) is 0 Å². The van der Waals surface area contributed by atoms with Crippen molar-refractivity contribution in [2.45, 2.75) is 25.6 Å². The van der Waals surface area contributed by atoms with E-state index in [2.05, 4.69) is 20.6 Å². The SMILES string of the molecule is CCCNc1nc(NC(CO)COC)cc(C(F)(F)F)n1. The van der Waals surface area contributed by atoms with E-state index in [0.717, 1.165) is 12.5 Å². The molecule has 0 saturated carbocycles. The summed E-state index contributed by atoms with van der Waals surface area (Å²) in [6, 6.07) is 0.250. The van der Waals surface area contributed by atoms with Crippen molar-refractivity contribution >= 4 is 11.8 Å². The lowest BCUT2D eigenvalue weighted by atomic mass is 10.3. The van der Waals surface area contributed by atoms with Gasteiger partial charge in [-0.25, -0.2) is 4.98 Å². The van der Waals surface area contributed by atoms with Crippen LogP contribution in [0.3, 0.4) is 0 Å². The molecule has 0 amide bonds. The quantitative estimate of drug-likeness (QED) is 0.679. The first-order valence-corrected chi connectivity index (χ1v) is 6.47. The maximum atomic E-state index is 12.8. The Morgan fingerprint density at radius 1 is 1.38 bits per heavy atom. The van der Waals surface area contributed by atoms with Gasteiger partial charge in [-0.2, -0.15) is 18.2 Å². The topological polar surface area (TPSA) is 79.3 Å². The standard InChI is InChI=1S/C12H19F3N4O2/c1-3-4-16-11-18-9(12(13,14)15)5-10(19-11)17-8(6-20)7-21-2/h5,8,20H,3-4,6-7H2,1-2H3,(H2,16,17,18,19). The zero-order valence-corrected chi connectivity index (χ0v) is 11.9.